The number of hydrogen-bond donors (Lipinski definition) is 1. The summed E-state index contributed by atoms with van der Waals surface area (Å²) in [5, 5.41) is 3.71. The molecule has 1 unspecified atom stereocenters. The smallest absolute Gasteiger partial charge is 0.244 e. The summed E-state index contributed by atoms with van der Waals surface area (Å²) >= 11 is 18.4. The molecule has 0 bridgehead atoms. The van der Waals surface area contributed by atoms with Crippen LogP contribution in [0, 0.1) is 5.92 Å². The summed E-state index contributed by atoms with van der Waals surface area (Å²) in [7, 11) is -3.87. The minimum Gasteiger partial charge on any atom is -0.354 e. The van der Waals surface area contributed by atoms with Crippen LogP contribution in [0.25, 0.3) is 0 Å². The van der Waals surface area contributed by atoms with Crippen LogP contribution in [-0.2, 0) is 26.2 Å². The average Bonchev–Trinajstić information content (AvgIpc) is 2.78. The minimum atomic E-state index is -3.87. The molecule has 0 aliphatic heterocycles. The van der Waals surface area contributed by atoms with E-state index < -0.39 is 28.5 Å². The molecule has 2 aromatic rings. The van der Waals surface area contributed by atoms with Crippen molar-refractivity contribution in [2.75, 3.05) is 23.7 Å². The van der Waals surface area contributed by atoms with Gasteiger partial charge in [-0.05, 0) is 42.2 Å². The number of amides is 2. The molecule has 0 saturated carbocycles. The fourth-order valence-corrected chi connectivity index (χ4v) is 4.74. The van der Waals surface area contributed by atoms with E-state index in [0.717, 1.165) is 10.6 Å². The van der Waals surface area contributed by atoms with Gasteiger partial charge in [-0.15, -0.1) is 0 Å². The number of hydrogen-bond acceptors (Lipinski definition) is 4. The highest BCUT2D eigenvalue weighted by atomic mass is 35.5. The molecule has 192 valence electrons. The van der Waals surface area contributed by atoms with Crippen LogP contribution in [0.1, 0.15) is 32.8 Å². The predicted molar refractivity (Wildman–Crippen MR) is 143 cm³/mol. The van der Waals surface area contributed by atoms with E-state index in [-0.39, 0.29) is 34.1 Å². The third-order valence-corrected chi connectivity index (χ3v) is 7.49. The van der Waals surface area contributed by atoms with Crippen LogP contribution in [0.2, 0.25) is 15.1 Å². The molecule has 0 aliphatic carbocycles. The molecular weight excluding hydrogens is 533 g/mol. The van der Waals surface area contributed by atoms with Crippen LogP contribution in [0.3, 0.4) is 0 Å². The minimum absolute atomic E-state index is 0.0328. The number of carbonyl (C=O) groups excluding carboxylic acids is 2. The van der Waals surface area contributed by atoms with Gasteiger partial charge in [-0.1, -0.05) is 73.8 Å². The van der Waals surface area contributed by atoms with E-state index in [1.807, 2.05) is 13.8 Å². The van der Waals surface area contributed by atoms with Crippen molar-refractivity contribution in [3.8, 4) is 0 Å². The molecule has 0 saturated heterocycles. The highest BCUT2D eigenvalue weighted by Gasteiger charge is 2.32. The van der Waals surface area contributed by atoms with E-state index in [1.54, 1.807) is 31.2 Å². The maximum Gasteiger partial charge on any atom is 0.244 e. The fourth-order valence-electron chi connectivity index (χ4n) is 3.41. The Kier molecular flexibility index (Phi) is 10.7. The first-order chi connectivity index (χ1) is 16.3. The second-order valence-corrected chi connectivity index (χ2v) is 11.7. The summed E-state index contributed by atoms with van der Waals surface area (Å²) in [6.45, 7) is 5.67. The number of carbonyl (C=O) groups is 2. The molecule has 2 amide bonds. The van der Waals surface area contributed by atoms with Crippen LogP contribution < -0.4 is 9.62 Å². The summed E-state index contributed by atoms with van der Waals surface area (Å²) in [6, 6.07) is 10.5. The van der Waals surface area contributed by atoms with E-state index >= 15 is 0 Å². The molecular formula is C24H30Cl3N3O4S. The van der Waals surface area contributed by atoms with Crippen molar-refractivity contribution in [1.82, 2.24) is 10.2 Å². The van der Waals surface area contributed by atoms with Gasteiger partial charge >= 0.3 is 0 Å². The van der Waals surface area contributed by atoms with Crippen molar-refractivity contribution >= 4 is 62.3 Å². The van der Waals surface area contributed by atoms with Crippen LogP contribution in [-0.4, -0.2) is 50.5 Å². The first kappa shape index (κ1) is 29.2. The van der Waals surface area contributed by atoms with Crippen molar-refractivity contribution in [2.45, 2.75) is 39.8 Å². The molecule has 11 heteroatoms. The third kappa shape index (κ3) is 8.27. The molecule has 0 fully saturated rings. The zero-order valence-electron chi connectivity index (χ0n) is 20.1. The van der Waals surface area contributed by atoms with Crippen LogP contribution in [0.5, 0.6) is 0 Å². The van der Waals surface area contributed by atoms with Crippen LogP contribution in [0.4, 0.5) is 5.69 Å². The lowest BCUT2D eigenvalue weighted by molar-refractivity contribution is -0.140. The summed E-state index contributed by atoms with van der Waals surface area (Å²) < 4.78 is 26.2. The van der Waals surface area contributed by atoms with Crippen LogP contribution >= 0.6 is 34.8 Å². The number of sulfonamides is 1. The summed E-state index contributed by atoms with van der Waals surface area (Å²) in [4.78, 5) is 28.0. The van der Waals surface area contributed by atoms with Gasteiger partial charge in [-0.2, -0.15) is 0 Å². The Balaban J connectivity index is 2.45. The van der Waals surface area contributed by atoms with Gasteiger partial charge in [0, 0.05) is 18.1 Å². The van der Waals surface area contributed by atoms with Crippen molar-refractivity contribution in [2.24, 2.45) is 5.92 Å². The monoisotopic (exact) mass is 561 g/mol. The number of anilines is 1. The average molecular weight is 563 g/mol. The van der Waals surface area contributed by atoms with Crippen molar-refractivity contribution in [1.29, 1.82) is 0 Å². The normalized spacial score (nSPS) is 12.3. The SMILES string of the molecule is CCC(C(=O)NCC(C)C)N(Cc1ccccc1Cl)C(=O)CN(c1ccc(Cl)c(Cl)c1)S(C)(=O)=O. The molecule has 7 nitrogen and oxygen atoms in total. The Hall–Kier alpha value is -2.00. The Bertz CT molecular complexity index is 1160. The zero-order chi connectivity index (χ0) is 26.3. The molecule has 2 rings (SSSR count). The van der Waals surface area contributed by atoms with Gasteiger partial charge in [0.05, 0.1) is 22.0 Å². The molecule has 0 heterocycles. The standard InChI is InChI=1S/C24H30Cl3N3O4S/c1-5-22(24(32)28-13-16(2)3)29(14-17-8-6-7-9-19(17)25)23(31)15-30(35(4,33)34)18-10-11-20(26)21(27)12-18/h6-12,16,22H,5,13-15H2,1-4H3,(H,28,32). The van der Waals surface area contributed by atoms with Crippen molar-refractivity contribution in [3.05, 3.63) is 63.1 Å². The van der Waals surface area contributed by atoms with E-state index in [0.29, 0.717) is 23.6 Å². The Morgan fingerprint density at radius 2 is 1.66 bits per heavy atom. The van der Waals surface area contributed by atoms with Crippen molar-refractivity contribution in [3.63, 3.8) is 0 Å². The Morgan fingerprint density at radius 1 is 1.00 bits per heavy atom. The molecule has 35 heavy (non-hydrogen) atoms. The number of halogens is 3. The molecule has 1 N–H and O–H groups in total. The lowest BCUT2D eigenvalue weighted by atomic mass is 10.1. The van der Waals surface area contributed by atoms with Crippen LogP contribution in [0.15, 0.2) is 42.5 Å². The van der Waals surface area contributed by atoms with Gasteiger partial charge < -0.3 is 10.2 Å². The van der Waals surface area contributed by atoms with Crippen molar-refractivity contribution < 1.29 is 18.0 Å². The first-order valence-corrected chi connectivity index (χ1v) is 14.1. The van der Waals surface area contributed by atoms with Gasteiger partial charge in [0.1, 0.15) is 12.6 Å². The Labute approximate surface area is 222 Å². The van der Waals surface area contributed by atoms with Gasteiger partial charge in [0.2, 0.25) is 21.8 Å². The number of benzene rings is 2. The largest absolute Gasteiger partial charge is 0.354 e. The fraction of sp³-hybridized carbons (Fsp3) is 0.417. The molecule has 0 radical (unpaired) electrons. The van der Waals surface area contributed by atoms with Gasteiger partial charge in [-0.25, -0.2) is 8.42 Å². The lowest BCUT2D eigenvalue weighted by Gasteiger charge is -2.33. The van der Waals surface area contributed by atoms with Gasteiger partial charge in [0.25, 0.3) is 0 Å². The molecule has 0 aromatic heterocycles. The van der Waals surface area contributed by atoms with E-state index in [9.17, 15) is 18.0 Å². The summed E-state index contributed by atoms with van der Waals surface area (Å²) in [5.41, 5.74) is 0.823. The summed E-state index contributed by atoms with van der Waals surface area (Å²) in [6.07, 6.45) is 1.32. The third-order valence-electron chi connectivity index (χ3n) is 5.24. The highest BCUT2D eigenvalue weighted by Crippen LogP contribution is 2.29. The second-order valence-electron chi connectivity index (χ2n) is 8.54. The summed E-state index contributed by atoms with van der Waals surface area (Å²) in [5.74, 6) is -0.658. The lowest BCUT2D eigenvalue weighted by Crippen LogP contribution is -2.52. The quantitative estimate of drug-likeness (QED) is 0.418. The van der Waals surface area contributed by atoms with E-state index in [2.05, 4.69) is 5.32 Å². The Morgan fingerprint density at radius 3 is 2.20 bits per heavy atom. The van der Waals surface area contributed by atoms with E-state index in [1.165, 1.54) is 23.1 Å². The van der Waals surface area contributed by atoms with Gasteiger partial charge in [0.15, 0.2) is 0 Å². The maximum absolute atomic E-state index is 13.6. The number of rotatable bonds is 11. The first-order valence-electron chi connectivity index (χ1n) is 11.1. The molecule has 2 aromatic carbocycles. The number of nitrogens with zero attached hydrogens (tertiary/aromatic N) is 2. The zero-order valence-corrected chi connectivity index (χ0v) is 23.2. The maximum atomic E-state index is 13.6. The predicted octanol–water partition coefficient (Wildman–Crippen LogP) is 4.99. The van der Waals surface area contributed by atoms with E-state index in [4.69, 9.17) is 34.8 Å². The number of nitrogens with one attached hydrogen (secondary N) is 1. The molecule has 0 spiro atoms. The topological polar surface area (TPSA) is 86.8 Å². The molecule has 1 atom stereocenters. The van der Waals surface area contributed by atoms with Gasteiger partial charge in [-0.3, -0.25) is 13.9 Å². The molecule has 0 aliphatic rings. The second kappa shape index (κ2) is 12.8. The highest BCUT2D eigenvalue weighted by molar-refractivity contribution is 7.92.